The van der Waals surface area contributed by atoms with Crippen molar-refractivity contribution < 1.29 is 24.1 Å². The highest BCUT2D eigenvalue weighted by atomic mass is 16.5. The fraction of sp³-hybridized carbons (Fsp3) is 0.312. The van der Waals surface area contributed by atoms with Gasteiger partial charge in [0.25, 0.3) is 0 Å². The number of anilines is 1. The standard InChI is InChI=1S/C16H18N4O5/c1-8-17-16-18-10(15(21)22)7-11(20(16)19-8)9-5-12(23-2)14(25-4)13(6-9)24-3/h5-7,11H,1-4H3,(H,21,22)(H,17,18,19). The molecule has 1 aromatic carbocycles. The van der Waals surface area contributed by atoms with Gasteiger partial charge in [-0.05, 0) is 30.7 Å². The summed E-state index contributed by atoms with van der Waals surface area (Å²) in [7, 11) is 4.56. The van der Waals surface area contributed by atoms with Gasteiger partial charge in [0.15, 0.2) is 11.5 Å². The fourth-order valence-corrected chi connectivity index (χ4v) is 2.73. The second-order valence-corrected chi connectivity index (χ2v) is 5.34. The Hall–Kier alpha value is -3.23. The molecule has 1 atom stereocenters. The molecule has 1 unspecified atom stereocenters. The Morgan fingerprint density at radius 1 is 1.20 bits per heavy atom. The monoisotopic (exact) mass is 346 g/mol. The van der Waals surface area contributed by atoms with Crippen LogP contribution in [0.1, 0.15) is 17.4 Å². The normalized spacial score (nSPS) is 15.7. The summed E-state index contributed by atoms with van der Waals surface area (Å²) in [6.45, 7) is 1.74. The van der Waals surface area contributed by atoms with Crippen LogP contribution in [0.2, 0.25) is 0 Å². The van der Waals surface area contributed by atoms with Crippen LogP contribution in [0.4, 0.5) is 5.95 Å². The van der Waals surface area contributed by atoms with Gasteiger partial charge in [0.05, 0.1) is 21.3 Å². The van der Waals surface area contributed by atoms with Gasteiger partial charge >= 0.3 is 5.97 Å². The third-order valence-corrected chi connectivity index (χ3v) is 3.83. The van der Waals surface area contributed by atoms with Crippen molar-refractivity contribution in [2.24, 2.45) is 0 Å². The van der Waals surface area contributed by atoms with E-state index in [0.29, 0.717) is 29.0 Å². The number of benzene rings is 1. The van der Waals surface area contributed by atoms with Crippen LogP contribution >= 0.6 is 0 Å². The first kappa shape index (κ1) is 16.6. The fourth-order valence-electron chi connectivity index (χ4n) is 2.73. The lowest BCUT2D eigenvalue weighted by Gasteiger charge is -2.24. The molecule has 1 aromatic heterocycles. The molecule has 2 N–H and O–H groups in total. The van der Waals surface area contributed by atoms with Crippen LogP contribution in [0, 0.1) is 6.92 Å². The lowest BCUT2D eigenvalue weighted by Crippen LogP contribution is -2.24. The number of nitrogens with one attached hydrogen (secondary N) is 1. The lowest BCUT2D eigenvalue weighted by molar-refractivity contribution is -0.132. The van der Waals surface area contributed by atoms with Crippen LogP contribution in [0.15, 0.2) is 23.9 Å². The average Bonchev–Trinajstić information content (AvgIpc) is 2.99. The number of allylic oxidation sites excluding steroid dienone is 1. The largest absolute Gasteiger partial charge is 0.493 e. The number of carbonyl (C=O) groups is 1. The number of nitrogens with zero attached hydrogens (tertiary/aromatic N) is 3. The Morgan fingerprint density at radius 2 is 1.84 bits per heavy atom. The van der Waals surface area contributed by atoms with E-state index in [1.807, 2.05) is 0 Å². The second-order valence-electron chi connectivity index (χ2n) is 5.34. The molecule has 25 heavy (non-hydrogen) atoms. The number of hydrogen-bond acceptors (Lipinski definition) is 7. The third kappa shape index (κ3) is 2.84. The van der Waals surface area contributed by atoms with E-state index in [-0.39, 0.29) is 5.70 Å². The second kappa shape index (κ2) is 6.34. The van der Waals surface area contributed by atoms with Crippen molar-refractivity contribution in [1.82, 2.24) is 14.8 Å². The smallest absolute Gasteiger partial charge is 0.352 e. The quantitative estimate of drug-likeness (QED) is 0.840. The number of fused-ring (bicyclic) bond motifs is 1. The minimum atomic E-state index is -1.08. The van der Waals surface area contributed by atoms with Crippen molar-refractivity contribution in [2.45, 2.75) is 13.0 Å². The summed E-state index contributed by atoms with van der Waals surface area (Å²) in [6.07, 6.45) is 1.56. The Bertz CT molecular complexity index is 833. The minimum absolute atomic E-state index is 0.0265. The van der Waals surface area contributed by atoms with E-state index in [2.05, 4.69) is 15.4 Å². The van der Waals surface area contributed by atoms with Gasteiger partial charge < -0.3 is 24.6 Å². The number of methoxy groups -OCH3 is 3. The van der Waals surface area contributed by atoms with Crippen LogP contribution in [-0.2, 0) is 4.79 Å². The lowest BCUT2D eigenvalue weighted by atomic mass is 10.0. The first-order chi connectivity index (χ1) is 12.0. The number of carboxylic acids is 1. The molecular weight excluding hydrogens is 328 g/mol. The Labute approximate surface area is 143 Å². The molecule has 1 aliphatic heterocycles. The molecule has 0 aliphatic carbocycles. The summed E-state index contributed by atoms with van der Waals surface area (Å²) < 4.78 is 17.7. The Kier molecular flexibility index (Phi) is 4.22. The van der Waals surface area contributed by atoms with Crippen LogP contribution in [-0.4, -0.2) is 47.2 Å². The summed E-state index contributed by atoms with van der Waals surface area (Å²) in [4.78, 5) is 15.7. The Balaban J connectivity index is 2.18. The van der Waals surface area contributed by atoms with E-state index >= 15 is 0 Å². The van der Waals surface area contributed by atoms with Gasteiger partial charge in [-0.25, -0.2) is 9.48 Å². The van der Waals surface area contributed by atoms with Gasteiger partial charge in [0.1, 0.15) is 17.6 Å². The molecular formula is C16H18N4O5. The predicted octanol–water partition coefficient (Wildman–Crippen LogP) is 1.60. The molecule has 0 spiro atoms. The molecule has 1 aliphatic rings. The molecule has 3 rings (SSSR count). The van der Waals surface area contributed by atoms with Crippen LogP contribution in [0.25, 0.3) is 0 Å². The number of aliphatic carboxylic acids is 1. The van der Waals surface area contributed by atoms with Crippen molar-refractivity contribution in [3.05, 3.63) is 35.3 Å². The highest BCUT2D eigenvalue weighted by Crippen LogP contribution is 2.41. The average molecular weight is 346 g/mol. The molecule has 2 heterocycles. The van der Waals surface area contributed by atoms with Gasteiger partial charge in [-0.1, -0.05) is 0 Å². The number of ether oxygens (including phenoxy) is 3. The number of carboxylic acid groups (broad SMARTS) is 1. The topological polar surface area (TPSA) is 108 Å². The summed E-state index contributed by atoms with van der Waals surface area (Å²) in [5.74, 6) is 1.21. The molecule has 9 heteroatoms. The zero-order valence-electron chi connectivity index (χ0n) is 14.2. The number of aromatic nitrogens is 3. The van der Waals surface area contributed by atoms with E-state index in [9.17, 15) is 9.90 Å². The third-order valence-electron chi connectivity index (χ3n) is 3.83. The van der Waals surface area contributed by atoms with Crippen LogP contribution < -0.4 is 19.5 Å². The molecule has 0 saturated heterocycles. The summed E-state index contributed by atoms with van der Waals surface area (Å²) >= 11 is 0. The van der Waals surface area contributed by atoms with Crippen molar-refractivity contribution in [1.29, 1.82) is 0 Å². The van der Waals surface area contributed by atoms with Crippen LogP contribution in [0.5, 0.6) is 17.2 Å². The highest BCUT2D eigenvalue weighted by Gasteiger charge is 2.28. The maximum absolute atomic E-state index is 11.4. The van der Waals surface area contributed by atoms with E-state index in [0.717, 1.165) is 5.56 Å². The molecule has 0 bridgehead atoms. The maximum atomic E-state index is 11.4. The first-order valence-electron chi connectivity index (χ1n) is 7.43. The minimum Gasteiger partial charge on any atom is -0.493 e. The number of aryl methyl sites for hydroxylation is 1. The zero-order chi connectivity index (χ0) is 18.1. The van der Waals surface area contributed by atoms with E-state index in [1.54, 1.807) is 29.8 Å². The number of rotatable bonds is 5. The first-order valence-corrected chi connectivity index (χ1v) is 7.43. The molecule has 132 valence electrons. The molecule has 2 aromatic rings. The molecule has 0 saturated carbocycles. The Morgan fingerprint density at radius 3 is 2.36 bits per heavy atom. The molecule has 0 fully saturated rings. The summed E-state index contributed by atoms with van der Waals surface area (Å²) in [6, 6.07) is 3.03. The van der Waals surface area contributed by atoms with Crippen molar-refractivity contribution in [3.63, 3.8) is 0 Å². The highest BCUT2D eigenvalue weighted by molar-refractivity contribution is 5.90. The van der Waals surface area contributed by atoms with E-state index in [1.165, 1.54) is 21.3 Å². The summed E-state index contributed by atoms with van der Waals surface area (Å²) in [5, 5.41) is 16.5. The molecule has 0 amide bonds. The SMILES string of the molecule is COc1cc(C2C=C(C(=O)O)Nc3nc(C)nn32)cc(OC)c1OC. The molecule has 0 radical (unpaired) electrons. The zero-order valence-corrected chi connectivity index (χ0v) is 14.2. The van der Waals surface area contributed by atoms with Crippen LogP contribution in [0.3, 0.4) is 0 Å². The predicted molar refractivity (Wildman–Crippen MR) is 88.3 cm³/mol. The maximum Gasteiger partial charge on any atom is 0.352 e. The van der Waals surface area contributed by atoms with Gasteiger partial charge in [-0.3, -0.25) is 0 Å². The van der Waals surface area contributed by atoms with Gasteiger partial charge in [-0.15, -0.1) is 0 Å². The molecule has 9 nitrogen and oxygen atoms in total. The van der Waals surface area contributed by atoms with Gasteiger partial charge in [0, 0.05) is 0 Å². The summed E-state index contributed by atoms with van der Waals surface area (Å²) in [5.41, 5.74) is 0.750. The van der Waals surface area contributed by atoms with Crippen molar-refractivity contribution >= 4 is 11.9 Å². The van der Waals surface area contributed by atoms with Crippen molar-refractivity contribution in [3.8, 4) is 17.2 Å². The van der Waals surface area contributed by atoms with E-state index in [4.69, 9.17) is 14.2 Å². The van der Waals surface area contributed by atoms with Gasteiger partial charge in [-0.2, -0.15) is 10.1 Å². The van der Waals surface area contributed by atoms with E-state index < -0.39 is 12.0 Å². The number of hydrogen-bond donors (Lipinski definition) is 2. The van der Waals surface area contributed by atoms with Gasteiger partial charge in [0.2, 0.25) is 11.7 Å². The van der Waals surface area contributed by atoms with Crippen molar-refractivity contribution in [2.75, 3.05) is 26.6 Å².